The third-order valence-electron chi connectivity index (χ3n) is 2.41. The SMILES string of the molecule is CC(C)c1cnc2c(N)cnn2c1C(=O)O. The molecule has 0 aliphatic rings. The van der Waals surface area contributed by atoms with Gasteiger partial charge >= 0.3 is 5.97 Å². The summed E-state index contributed by atoms with van der Waals surface area (Å²) in [7, 11) is 0. The topological polar surface area (TPSA) is 93.5 Å². The molecule has 0 aliphatic carbocycles. The van der Waals surface area contributed by atoms with Crippen molar-refractivity contribution >= 4 is 17.3 Å². The molecule has 0 spiro atoms. The zero-order valence-electron chi connectivity index (χ0n) is 9.01. The zero-order chi connectivity index (χ0) is 11.9. The summed E-state index contributed by atoms with van der Waals surface area (Å²) in [6.07, 6.45) is 2.94. The first kappa shape index (κ1) is 10.4. The van der Waals surface area contributed by atoms with Crippen molar-refractivity contribution in [3.63, 3.8) is 0 Å². The third-order valence-corrected chi connectivity index (χ3v) is 2.41. The van der Waals surface area contributed by atoms with E-state index in [2.05, 4.69) is 10.1 Å². The van der Waals surface area contributed by atoms with E-state index >= 15 is 0 Å². The number of fused-ring (bicyclic) bond motifs is 1. The van der Waals surface area contributed by atoms with Gasteiger partial charge in [0.05, 0.1) is 11.9 Å². The van der Waals surface area contributed by atoms with E-state index in [9.17, 15) is 9.90 Å². The van der Waals surface area contributed by atoms with Crippen molar-refractivity contribution in [3.8, 4) is 0 Å². The molecule has 0 saturated carbocycles. The number of rotatable bonds is 2. The van der Waals surface area contributed by atoms with E-state index in [4.69, 9.17) is 5.73 Å². The second-order valence-electron chi connectivity index (χ2n) is 3.86. The summed E-state index contributed by atoms with van der Waals surface area (Å²) in [6.45, 7) is 3.81. The highest BCUT2D eigenvalue weighted by molar-refractivity contribution is 5.89. The van der Waals surface area contributed by atoms with Gasteiger partial charge in [0.1, 0.15) is 0 Å². The fourth-order valence-corrected chi connectivity index (χ4v) is 1.60. The molecule has 0 fully saturated rings. The normalized spacial score (nSPS) is 11.2. The molecule has 0 unspecified atom stereocenters. The van der Waals surface area contributed by atoms with Crippen molar-refractivity contribution in [2.75, 3.05) is 5.73 Å². The molecule has 0 aromatic carbocycles. The first-order valence-corrected chi connectivity index (χ1v) is 4.87. The number of carbonyl (C=O) groups is 1. The van der Waals surface area contributed by atoms with E-state index in [1.54, 1.807) is 6.20 Å². The van der Waals surface area contributed by atoms with Crippen LogP contribution in [-0.2, 0) is 0 Å². The predicted octanol–water partition coefficient (Wildman–Crippen LogP) is 1.13. The van der Waals surface area contributed by atoms with Gasteiger partial charge in [-0.1, -0.05) is 13.8 Å². The van der Waals surface area contributed by atoms with E-state index in [-0.39, 0.29) is 11.6 Å². The van der Waals surface area contributed by atoms with Crippen LogP contribution in [0.5, 0.6) is 0 Å². The summed E-state index contributed by atoms with van der Waals surface area (Å²) in [6, 6.07) is 0. The lowest BCUT2D eigenvalue weighted by Crippen LogP contribution is -2.13. The first-order chi connectivity index (χ1) is 7.52. The highest BCUT2D eigenvalue weighted by Crippen LogP contribution is 2.21. The summed E-state index contributed by atoms with van der Waals surface area (Å²) >= 11 is 0. The summed E-state index contributed by atoms with van der Waals surface area (Å²) in [5, 5.41) is 13.1. The number of aromatic nitrogens is 3. The number of nitrogens with two attached hydrogens (primary N) is 1. The van der Waals surface area contributed by atoms with E-state index < -0.39 is 5.97 Å². The van der Waals surface area contributed by atoms with Crippen LogP contribution in [0.15, 0.2) is 12.4 Å². The highest BCUT2D eigenvalue weighted by atomic mass is 16.4. The first-order valence-electron chi connectivity index (χ1n) is 4.87. The van der Waals surface area contributed by atoms with Gasteiger partial charge in [-0.15, -0.1) is 0 Å². The minimum Gasteiger partial charge on any atom is -0.476 e. The maximum Gasteiger partial charge on any atom is 0.354 e. The molecule has 6 nitrogen and oxygen atoms in total. The minimum absolute atomic E-state index is 0.0634. The van der Waals surface area contributed by atoms with Gasteiger partial charge in [0, 0.05) is 11.8 Å². The van der Waals surface area contributed by atoms with Gasteiger partial charge in [0.15, 0.2) is 11.3 Å². The minimum atomic E-state index is -1.03. The van der Waals surface area contributed by atoms with Gasteiger partial charge in [-0.05, 0) is 5.92 Å². The molecule has 3 N–H and O–H groups in total. The van der Waals surface area contributed by atoms with Crippen LogP contribution in [0.4, 0.5) is 5.69 Å². The number of hydrogen-bond acceptors (Lipinski definition) is 4. The van der Waals surface area contributed by atoms with Crippen LogP contribution < -0.4 is 5.73 Å². The Morgan fingerprint density at radius 1 is 1.50 bits per heavy atom. The Balaban J connectivity index is 2.85. The number of nitrogen functional groups attached to an aromatic ring is 1. The summed E-state index contributed by atoms with van der Waals surface area (Å²) < 4.78 is 1.27. The molecule has 2 rings (SSSR count). The molecule has 0 amide bonds. The van der Waals surface area contributed by atoms with Crippen molar-refractivity contribution in [3.05, 3.63) is 23.7 Å². The van der Waals surface area contributed by atoms with E-state index in [0.717, 1.165) is 0 Å². The Labute approximate surface area is 91.7 Å². The summed E-state index contributed by atoms with van der Waals surface area (Å²) in [4.78, 5) is 15.3. The largest absolute Gasteiger partial charge is 0.476 e. The smallest absolute Gasteiger partial charge is 0.354 e. The van der Waals surface area contributed by atoms with Gasteiger partial charge in [-0.25, -0.2) is 14.3 Å². The van der Waals surface area contributed by atoms with Gasteiger partial charge < -0.3 is 10.8 Å². The Morgan fingerprint density at radius 2 is 2.19 bits per heavy atom. The molecule has 0 radical (unpaired) electrons. The quantitative estimate of drug-likeness (QED) is 0.791. The lowest BCUT2D eigenvalue weighted by molar-refractivity contribution is 0.0685. The number of nitrogens with zero attached hydrogens (tertiary/aromatic N) is 3. The van der Waals surface area contributed by atoms with Gasteiger partial charge in [0.25, 0.3) is 0 Å². The molecule has 84 valence electrons. The number of carboxylic acids is 1. The van der Waals surface area contributed by atoms with Crippen molar-refractivity contribution < 1.29 is 9.90 Å². The van der Waals surface area contributed by atoms with E-state index in [0.29, 0.717) is 16.9 Å². The molecule has 0 aliphatic heterocycles. The van der Waals surface area contributed by atoms with Gasteiger partial charge in [0.2, 0.25) is 0 Å². The van der Waals surface area contributed by atoms with Crippen LogP contribution in [0.2, 0.25) is 0 Å². The predicted molar refractivity (Wildman–Crippen MR) is 58.4 cm³/mol. The lowest BCUT2D eigenvalue weighted by atomic mass is 10.0. The second-order valence-corrected chi connectivity index (χ2v) is 3.86. The van der Waals surface area contributed by atoms with Crippen LogP contribution in [-0.4, -0.2) is 25.7 Å². The number of hydrogen-bond donors (Lipinski definition) is 2. The van der Waals surface area contributed by atoms with Gasteiger partial charge in [-0.2, -0.15) is 5.10 Å². The van der Waals surface area contributed by atoms with E-state index in [1.807, 2.05) is 13.8 Å². The van der Waals surface area contributed by atoms with Crippen molar-refractivity contribution in [2.45, 2.75) is 19.8 Å². The Bertz CT molecular complexity index is 559. The van der Waals surface area contributed by atoms with Crippen molar-refractivity contribution in [1.82, 2.24) is 14.6 Å². The van der Waals surface area contributed by atoms with Crippen LogP contribution >= 0.6 is 0 Å². The molecular weight excluding hydrogens is 208 g/mol. The molecule has 0 atom stereocenters. The Hall–Kier alpha value is -2.11. The maximum atomic E-state index is 11.2. The fraction of sp³-hybridized carbons (Fsp3) is 0.300. The molecule has 2 aromatic rings. The number of carboxylic acid groups (broad SMARTS) is 1. The molecule has 0 bridgehead atoms. The zero-order valence-corrected chi connectivity index (χ0v) is 9.01. The number of aromatic carboxylic acids is 1. The monoisotopic (exact) mass is 220 g/mol. The Kier molecular flexibility index (Phi) is 2.26. The van der Waals surface area contributed by atoms with Crippen LogP contribution in [0.25, 0.3) is 5.65 Å². The van der Waals surface area contributed by atoms with Crippen LogP contribution in [0.3, 0.4) is 0 Å². The van der Waals surface area contributed by atoms with Crippen LogP contribution in [0, 0.1) is 0 Å². The van der Waals surface area contributed by atoms with Gasteiger partial charge in [-0.3, -0.25) is 0 Å². The maximum absolute atomic E-state index is 11.2. The summed E-state index contributed by atoms with van der Waals surface area (Å²) in [5.74, 6) is -0.965. The third kappa shape index (κ3) is 1.39. The van der Waals surface area contributed by atoms with Crippen molar-refractivity contribution in [2.24, 2.45) is 0 Å². The Morgan fingerprint density at radius 3 is 2.75 bits per heavy atom. The van der Waals surface area contributed by atoms with Crippen LogP contribution in [0.1, 0.15) is 35.8 Å². The molecule has 2 heterocycles. The average molecular weight is 220 g/mol. The molecule has 0 saturated heterocycles. The van der Waals surface area contributed by atoms with E-state index in [1.165, 1.54) is 10.7 Å². The standard InChI is InChI=1S/C10H12N4O2/c1-5(2)6-3-12-9-7(11)4-13-14(9)8(6)10(15)16/h3-5H,11H2,1-2H3,(H,15,16). The fourth-order valence-electron chi connectivity index (χ4n) is 1.60. The summed E-state index contributed by atoms with van der Waals surface area (Å²) in [5.41, 5.74) is 7.15. The molecule has 16 heavy (non-hydrogen) atoms. The molecular formula is C10H12N4O2. The average Bonchev–Trinajstić information content (AvgIpc) is 2.58. The molecule has 2 aromatic heterocycles. The lowest BCUT2D eigenvalue weighted by Gasteiger charge is -2.10. The van der Waals surface area contributed by atoms with Crippen molar-refractivity contribution in [1.29, 1.82) is 0 Å². The second kappa shape index (κ2) is 3.48. The number of anilines is 1. The highest BCUT2D eigenvalue weighted by Gasteiger charge is 2.19. The molecule has 6 heteroatoms.